The van der Waals surface area contributed by atoms with E-state index in [0.29, 0.717) is 24.0 Å². The number of hydrogen-bond donors (Lipinski definition) is 1. The van der Waals surface area contributed by atoms with Crippen LogP contribution in [0.2, 0.25) is 0 Å². The number of carbonyl (C=O) groups is 2. The van der Waals surface area contributed by atoms with Crippen molar-refractivity contribution in [1.82, 2.24) is 4.98 Å². The summed E-state index contributed by atoms with van der Waals surface area (Å²) >= 11 is 0. The van der Waals surface area contributed by atoms with Crippen molar-refractivity contribution in [1.29, 1.82) is 0 Å². The van der Waals surface area contributed by atoms with Crippen molar-refractivity contribution >= 4 is 28.8 Å². The van der Waals surface area contributed by atoms with Gasteiger partial charge in [-0.2, -0.15) is 0 Å². The summed E-state index contributed by atoms with van der Waals surface area (Å²) < 4.78 is 0. The first-order valence-electron chi connectivity index (χ1n) is 6.04. The van der Waals surface area contributed by atoms with Crippen molar-refractivity contribution in [2.45, 2.75) is 12.5 Å². The fraction of sp³-hybridized carbons (Fsp3) is 0.214. The lowest BCUT2D eigenvalue weighted by Gasteiger charge is -2.40. The molecule has 1 aliphatic rings. The van der Waals surface area contributed by atoms with Gasteiger partial charge in [-0.05, 0) is 24.6 Å². The van der Waals surface area contributed by atoms with Crippen LogP contribution in [0.4, 0.5) is 5.69 Å². The number of carboxylic acids is 1. The van der Waals surface area contributed by atoms with E-state index in [2.05, 4.69) is 4.98 Å². The molecule has 0 aliphatic carbocycles. The van der Waals surface area contributed by atoms with E-state index in [1.165, 1.54) is 0 Å². The van der Waals surface area contributed by atoms with Crippen LogP contribution < -0.4 is 4.90 Å². The van der Waals surface area contributed by atoms with Crippen molar-refractivity contribution in [3.05, 3.63) is 36.0 Å². The zero-order chi connectivity index (χ0) is 13.4. The number of hydrogen-bond acceptors (Lipinski definition) is 4. The second-order valence-corrected chi connectivity index (χ2v) is 4.56. The Kier molecular flexibility index (Phi) is 2.67. The van der Waals surface area contributed by atoms with Gasteiger partial charge in [0.05, 0.1) is 5.52 Å². The number of carboxylic acid groups (broad SMARTS) is 1. The van der Waals surface area contributed by atoms with Gasteiger partial charge in [0.2, 0.25) is 0 Å². The smallest absolute Gasteiger partial charge is 0.326 e. The van der Waals surface area contributed by atoms with E-state index in [-0.39, 0.29) is 0 Å². The highest BCUT2D eigenvalue weighted by Gasteiger charge is 2.34. The Balaban J connectivity index is 2.10. The minimum Gasteiger partial charge on any atom is -0.480 e. The molecule has 0 bridgehead atoms. The standard InChI is InChI=1S/C14H12N2O3/c17-8-10-7-11(16-5-3-12(16)14(18)19)6-9-2-1-4-15-13(9)10/h1-2,4,6-8,12H,3,5H2,(H,18,19). The fourth-order valence-electron chi connectivity index (χ4n) is 2.41. The van der Waals surface area contributed by atoms with Crippen LogP contribution in [0.3, 0.4) is 0 Å². The third kappa shape index (κ3) is 1.83. The molecule has 1 saturated heterocycles. The summed E-state index contributed by atoms with van der Waals surface area (Å²) in [6, 6.07) is 6.76. The number of nitrogens with zero attached hydrogens (tertiary/aromatic N) is 2. The molecular formula is C14H12N2O3. The number of aromatic nitrogens is 1. The van der Waals surface area contributed by atoms with Gasteiger partial charge >= 0.3 is 5.97 Å². The van der Waals surface area contributed by atoms with Gasteiger partial charge < -0.3 is 10.0 Å². The average molecular weight is 256 g/mol. The lowest BCUT2D eigenvalue weighted by Crippen LogP contribution is -2.52. The number of benzene rings is 1. The molecule has 1 fully saturated rings. The molecular weight excluding hydrogens is 244 g/mol. The third-order valence-electron chi connectivity index (χ3n) is 3.48. The summed E-state index contributed by atoms with van der Waals surface area (Å²) in [6.45, 7) is 0.695. The summed E-state index contributed by atoms with van der Waals surface area (Å²) in [5.41, 5.74) is 1.90. The van der Waals surface area contributed by atoms with Crippen LogP contribution in [0.15, 0.2) is 30.5 Å². The molecule has 1 N–H and O–H groups in total. The van der Waals surface area contributed by atoms with Crippen molar-refractivity contribution in [2.75, 3.05) is 11.4 Å². The summed E-state index contributed by atoms with van der Waals surface area (Å²) in [5, 5.41) is 9.93. The molecule has 0 amide bonds. The number of aliphatic carboxylic acids is 1. The van der Waals surface area contributed by atoms with E-state index in [1.54, 1.807) is 23.2 Å². The van der Waals surface area contributed by atoms with Gasteiger partial charge in [-0.1, -0.05) is 6.07 Å². The maximum Gasteiger partial charge on any atom is 0.326 e. The summed E-state index contributed by atoms with van der Waals surface area (Å²) in [5.74, 6) is -0.829. The van der Waals surface area contributed by atoms with Crippen LogP contribution in [0.25, 0.3) is 10.9 Å². The Bertz CT molecular complexity index is 669. The van der Waals surface area contributed by atoms with Crippen molar-refractivity contribution in [2.24, 2.45) is 0 Å². The first kappa shape index (κ1) is 11.6. The van der Waals surface area contributed by atoms with Gasteiger partial charge in [-0.25, -0.2) is 4.79 Å². The van der Waals surface area contributed by atoms with E-state index < -0.39 is 12.0 Å². The highest BCUT2D eigenvalue weighted by atomic mass is 16.4. The minimum absolute atomic E-state index is 0.490. The Morgan fingerprint density at radius 2 is 2.32 bits per heavy atom. The van der Waals surface area contributed by atoms with Crippen molar-refractivity contribution in [3.8, 4) is 0 Å². The van der Waals surface area contributed by atoms with E-state index >= 15 is 0 Å². The van der Waals surface area contributed by atoms with E-state index in [1.807, 2.05) is 12.1 Å². The molecule has 3 rings (SSSR count). The number of aldehydes is 1. The van der Waals surface area contributed by atoms with Crippen molar-refractivity contribution in [3.63, 3.8) is 0 Å². The zero-order valence-corrected chi connectivity index (χ0v) is 10.1. The van der Waals surface area contributed by atoms with Crippen LogP contribution in [-0.2, 0) is 4.79 Å². The summed E-state index contributed by atoms with van der Waals surface area (Å²) in [7, 11) is 0. The number of carbonyl (C=O) groups excluding carboxylic acids is 1. The largest absolute Gasteiger partial charge is 0.480 e. The Morgan fingerprint density at radius 1 is 1.47 bits per heavy atom. The van der Waals surface area contributed by atoms with Crippen molar-refractivity contribution < 1.29 is 14.7 Å². The average Bonchev–Trinajstić information content (AvgIpc) is 2.35. The summed E-state index contributed by atoms with van der Waals surface area (Å²) in [6.07, 6.45) is 3.03. The lowest BCUT2D eigenvalue weighted by atomic mass is 10.00. The SMILES string of the molecule is O=Cc1cc(N2CCC2C(=O)O)cc2cccnc12. The first-order valence-corrected chi connectivity index (χ1v) is 6.04. The van der Waals surface area contributed by atoms with Gasteiger partial charge in [0, 0.05) is 29.4 Å². The highest BCUT2D eigenvalue weighted by Crippen LogP contribution is 2.30. The second-order valence-electron chi connectivity index (χ2n) is 4.56. The van der Waals surface area contributed by atoms with E-state index in [4.69, 9.17) is 5.11 Å². The monoisotopic (exact) mass is 256 g/mol. The maximum absolute atomic E-state index is 11.1. The fourth-order valence-corrected chi connectivity index (χ4v) is 2.41. The van der Waals surface area contributed by atoms with E-state index in [0.717, 1.165) is 17.4 Å². The quantitative estimate of drug-likeness (QED) is 0.846. The van der Waals surface area contributed by atoms with Gasteiger partial charge in [-0.15, -0.1) is 0 Å². The zero-order valence-electron chi connectivity index (χ0n) is 10.1. The molecule has 1 atom stereocenters. The van der Waals surface area contributed by atoms with Crippen LogP contribution in [-0.4, -0.2) is 34.9 Å². The topological polar surface area (TPSA) is 70.5 Å². The van der Waals surface area contributed by atoms with Gasteiger partial charge in [0.15, 0.2) is 6.29 Å². The lowest BCUT2D eigenvalue weighted by molar-refractivity contribution is -0.139. The molecule has 19 heavy (non-hydrogen) atoms. The Labute approximate surface area is 109 Å². The van der Waals surface area contributed by atoms with Gasteiger partial charge in [-0.3, -0.25) is 9.78 Å². The molecule has 5 heteroatoms. The van der Waals surface area contributed by atoms with Crippen LogP contribution in [0.1, 0.15) is 16.8 Å². The van der Waals surface area contributed by atoms with Gasteiger partial charge in [0.1, 0.15) is 6.04 Å². The minimum atomic E-state index is -0.829. The molecule has 1 aliphatic heterocycles. The van der Waals surface area contributed by atoms with Gasteiger partial charge in [0.25, 0.3) is 0 Å². The molecule has 0 saturated carbocycles. The molecule has 1 aromatic carbocycles. The number of fused-ring (bicyclic) bond motifs is 1. The molecule has 5 nitrogen and oxygen atoms in total. The predicted molar refractivity (Wildman–Crippen MR) is 70.5 cm³/mol. The molecule has 96 valence electrons. The Morgan fingerprint density at radius 3 is 2.95 bits per heavy atom. The molecule has 2 aromatic rings. The predicted octanol–water partition coefficient (Wildman–Crippen LogP) is 1.71. The highest BCUT2D eigenvalue weighted by molar-refractivity contribution is 5.98. The van der Waals surface area contributed by atoms with E-state index in [9.17, 15) is 9.59 Å². The maximum atomic E-state index is 11.1. The summed E-state index contributed by atoms with van der Waals surface area (Å²) in [4.78, 5) is 28.2. The second kappa shape index (κ2) is 4.35. The molecule has 0 spiro atoms. The number of rotatable bonds is 3. The third-order valence-corrected chi connectivity index (χ3v) is 3.48. The molecule has 2 heterocycles. The Hall–Kier alpha value is -2.43. The molecule has 0 radical (unpaired) electrons. The van der Waals surface area contributed by atoms with Crippen LogP contribution in [0.5, 0.6) is 0 Å². The number of pyridine rings is 1. The molecule has 1 aromatic heterocycles. The van der Waals surface area contributed by atoms with Crippen LogP contribution in [0, 0.1) is 0 Å². The number of anilines is 1. The first-order chi connectivity index (χ1) is 9.20. The molecule has 1 unspecified atom stereocenters. The van der Waals surface area contributed by atoms with Crippen LogP contribution >= 0.6 is 0 Å². The normalized spacial score (nSPS) is 18.1.